The zero-order valence-electron chi connectivity index (χ0n) is 8.90. The number of benzene rings is 1. The van der Waals surface area contributed by atoms with Crippen LogP contribution in [0.25, 0.3) is 0 Å². The molecular weight excluding hydrogens is 184 g/mol. The van der Waals surface area contributed by atoms with Crippen molar-refractivity contribution in [3.8, 4) is 0 Å². The van der Waals surface area contributed by atoms with Crippen molar-refractivity contribution in [2.75, 3.05) is 11.1 Å². The molecule has 0 aromatic heterocycles. The molecular formula is C13H16N2. The molecule has 1 atom stereocenters. The molecule has 78 valence electrons. The molecule has 0 saturated carbocycles. The Balaban J connectivity index is 2.11. The van der Waals surface area contributed by atoms with Gasteiger partial charge in [0.2, 0.25) is 0 Å². The molecule has 0 bridgehead atoms. The number of hydrogen-bond donors (Lipinski definition) is 2. The normalized spacial score (nSPS) is 19.8. The average molecular weight is 200 g/mol. The number of nitrogen functional groups attached to an aromatic ring is 1. The van der Waals surface area contributed by atoms with Crippen molar-refractivity contribution in [1.29, 1.82) is 0 Å². The van der Waals surface area contributed by atoms with Gasteiger partial charge in [-0.25, -0.2) is 0 Å². The highest BCUT2D eigenvalue weighted by atomic mass is 14.9. The first kappa shape index (κ1) is 9.84. The van der Waals surface area contributed by atoms with E-state index in [1.807, 2.05) is 24.3 Å². The summed E-state index contributed by atoms with van der Waals surface area (Å²) < 4.78 is 0. The molecule has 2 heteroatoms. The Morgan fingerprint density at radius 1 is 1.27 bits per heavy atom. The van der Waals surface area contributed by atoms with Gasteiger partial charge in [0.05, 0.1) is 0 Å². The van der Waals surface area contributed by atoms with E-state index in [0.29, 0.717) is 5.92 Å². The van der Waals surface area contributed by atoms with Crippen LogP contribution in [0.15, 0.2) is 48.2 Å². The van der Waals surface area contributed by atoms with E-state index in [1.165, 1.54) is 5.70 Å². The van der Waals surface area contributed by atoms with Crippen molar-refractivity contribution < 1.29 is 0 Å². The van der Waals surface area contributed by atoms with Crippen LogP contribution in [-0.2, 0) is 0 Å². The van der Waals surface area contributed by atoms with Gasteiger partial charge < -0.3 is 11.1 Å². The molecule has 1 aliphatic rings. The number of nitrogens with one attached hydrogen (secondary N) is 1. The van der Waals surface area contributed by atoms with Crippen LogP contribution in [0.1, 0.15) is 13.3 Å². The van der Waals surface area contributed by atoms with E-state index >= 15 is 0 Å². The topological polar surface area (TPSA) is 38.0 Å². The van der Waals surface area contributed by atoms with Crippen molar-refractivity contribution in [3.63, 3.8) is 0 Å². The lowest BCUT2D eigenvalue weighted by atomic mass is 9.99. The molecule has 1 aromatic carbocycles. The predicted octanol–water partition coefficient (Wildman–Crippen LogP) is 3.16. The van der Waals surface area contributed by atoms with E-state index in [0.717, 1.165) is 17.8 Å². The Morgan fingerprint density at radius 2 is 2.00 bits per heavy atom. The summed E-state index contributed by atoms with van der Waals surface area (Å²) in [5, 5.41) is 3.41. The van der Waals surface area contributed by atoms with Crippen molar-refractivity contribution in [2.24, 2.45) is 5.92 Å². The quantitative estimate of drug-likeness (QED) is 0.720. The first-order chi connectivity index (χ1) is 7.25. The van der Waals surface area contributed by atoms with Crippen molar-refractivity contribution in [1.82, 2.24) is 0 Å². The zero-order valence-corrected chi connectivity index (χ0v) is 8.90. The molecule has 2 nitrogen and oxygen atoms in total. The Hall–Kier alpha value is -1.70. The minimum Gasteiger partial charge on any atom is -0.399 e. The first-order valence-corrected chi connectivity index (χ1v) is 5.25. The lowest BCUT2D eigenvalue weighted by Crippen LogP contribution is -2.10. The smallest absolute Gasteiger partial charge is 0.0383 e. The Kier molecular flexibility index (Phi) is 2.77. The summed E-state index contributed by atoms with van der Waals surface area (Å²) in [6.07, 6.45) is 7.52. The highest BCUT2D eigenvalue weighted by Crippen LogP contribution is 2.22. The molecule has 0 amide bonds. The summed E-state index contributed by atoms with van der Waals surface area (Å²) >= 11 is 0. The Bertz CT molecular complexity index is 388. The van der Waals surface area contributed by atoms with Gasteiger partial charge in [0.25, 0.3) is 0 Å². The SMILES string of the molecule is CC1CC=CC=C1Nc1ccc(N)cc1. The van der Waals surface area contributed by atoms with Gasteiger partial charge in [-0.2, -0.15) is 0 Å². The predicted molar refractivity (Wildman–Crippen MR) is 65.5 cm³/mol. The maximum absolute atomic E-state index is 5.63. The Labute approximate surface area is 90.5 Å². The Morgan fingerprint density at radius 3 is 2.67 bits per heavy atom. The summed E-state index contributed by atoms with van der Waals surface area (Å²) in [6, 6.07) is 7.82. The van der Waals surface area contributed by atoms with Gasteiger partial charge in [0.1, 0.15) is 0 Å². The van der Waals surface area contributed by atoms with Gasteiger partial charge in [-0.1, -0.05) is 19.1 Å². The lowest BCUT2D eigenvalue weighted by Gasteiger charge is -2.19. The summed E-state index contributed by atoms with van der Waals surface area (Å²) in [7, 11) is 0. The number of anilines is 2. The van der Waals surface area contributed by atoms with Gasteiger partial charge >= 0.3 is 0 Å². The van der Waals surface area contributed by atoms with Crippen LogP contribution < -0.4 is 11.1 Å². The second kappa shape index (κ2) is 4.22. The van der Waals surface area contributed by atoms with Crippen LogP contribution >= 0.6 is 0 Å². The van der Waals surface area contributed by atoms with E-state index in [2.05, 4.69) is 30.5 Å². The van der Waals surface area contributed by atoms with E-state index < -0.39 is 0 Å². The van der Waals surface area contributed by atoms with Crippen LogP contribution in [-0.4, -0.2) is 0 Å². The summed E-state index contributed by atoms with van der Waals surface area (Å²) in [5.41, 5.74) is 8.79. The number of allylic oxidation sites excluding steroid dienone is 4. The van der Waals surface area contributed by atoms with Crippen LogP contribution in [0.2, 0.25) is 0 Å². The monoisotopic (exact) mass is 200 g/mol. The fourth-order valence-electron chi connectivity index (χ4n) is 1.64. The summed E-state index contributed by atoms with van der Waals surface area (Å²) in [5.74, 6) is 0.563. The number of nitrogens with two attached hydrogens (primary N) is 1. The second-order valence-corrected chi connectivity index (χ2v) is 3.93. The minimum absolute atomic E-state index is 0.563. The maximum atomic E-state index is 5.63. The van der Waals surface area contributed by atoms with Crippen molar-refractivity contribution in [2.45, 2.75) is 13.3 Å². The molecule has 1 aliphatic carbocycles. The van der Waals surface area contributed by atoms with Gasteiger partial charge in [-0.3, -0.25) is 0 Å². The molecule has 0 aliphatic heterocycles. The van der Waals surface area contributed by atoms with Crippen LogP contribution in [0.3, 0.4) is 0 Å². The lowest BCUT2D eigenvalue weighted by molar-refractivity contribution is 0.691. The third-order valence-corrected chi connectivity index (χ3v) is 2.63. The molecule has 1 aromatic rings. The van der Waals surface area contributed by atoms with Gasteiger partial charge in [0.15, 0.2) is 0 Å². The van der Waals surface area contributed by atoms with Gasteiger partial charge in [0, 0.05) is 17.1 Å². The largest absolute Gasteiger partial charge is 0.399 e. The van der Waals surface area contributed by atoms with Crippen molar-refractivity contribution >= 4 is 11.4 Å². The maximum Gasteiger partial charge on any atom is 0.0383 e. The molecule has 15 heavy (non-hydrogen) atoms. The molecule has 0 radical (unpaired) electrons. The third-order valence-electron chi connectivity index (χ3n) is 2.63. The van der Waals surface area contributed by atoms with Crippen LogP contribution in [0, 0.1) is 5.92 Å². The molecule has 0 saturated heterocycles. The number of rotatable bonds is 2. The second-order valence-electron chi connectivity index (χ2n) is 3.93. The first-order valence-electron chi connectivity index (χ1n) is 5.25. The van der Waals surface area contributed by atoms with Crippen molar-refractivity contribution in [3.05, 3.63) is 48.2 Å². The van der Waals surface area contributed by atoms with Crippen LogP contribution in [0.5, 0.6) is 0 Å². The fourth-order valence-corrected chi connectivity index (χ4v) is 1.64. The zero-order chi connectivity index (χ0) is 10.7. The van der Waals surface area contributed by atoms with E-state index in [9.17, 15) is 0 Å². The molecule has 0 spiro atoms. The van der Waals surface area contributed by atoms with Crippen LogP contribution in [0.4, 0.5) is 11.4 Å². The van der Waals surface area contributed by atoms with E-state index in [-0.39, 0.29) is 0 Å². The van der Waals surface area contributed by atoms with Gasteiger partial charge in [-0.05, 0) is 42.7 Å². The highest BCUT2D eigenvalue weighted by molar-refractivity contribution is 5.54. The summed E-state index contributed by atoms with van der Waals surface area (Å²) in [6.45, 7) is 2.22. The van der Waals surface area contributed by atoms with E-state index in [1.54, 1.807) is 0 Å². The van der Waals surface area contributed by atoms with Gasteiger partial charge in [-0.15, -0.1) is 0 Å². The third kappa shape index (κ3) is 2.40. The number of hydrogen-bond acceptors (Lipinski definition) is 2. The molecule has 0 fully saturated rings. The molecule has 3 N–H and O–H groups in total. The fraction of sp³-hybridized carbons (Fsp3) is 0.231. The summed E-state index contributed by atoms with van der Waals surface area (Å²) in [4.78, 5) is 0. The highest BCUT2D eigenvalue weighted by Gasteiger charge is 2.09. The minimum atomic E-state index is 0.563. The average Bonchev–Trinajstić information content (AvgIpc) is 2.25. The molecule has 0 heterocycles. The molecule has 1 unspecified atom stereocenters. The standard InChI is InChI=1S/C13H16N2/c1-10-4-2-3-5-13(10)15-12-8-6-11(14)7-9-12/h2-3,5-10,15H,4,14H2,1H3. The molecule has 2 rings (SSSR count). The van der Waals surface area contributed by atoms with E-state index in [4.69, 9.17) is 5.73 Å².